The lowest BCUT2D eigenvalue weighted by Gasteiger charge is -2.11. The van der Waals surface area contributed by atoms with Crippen molar-refractivity contribution in [3.63, 3.8) is 0 Å². The van der Waals surface area contributed by atoms with Crippen LogP contribution in [0.3, 0.4) is 0 Å². The second kappa shape index (κ2) is 8.85. The SMILES string of the molecule is COc1ccccc1CNC(=O)c1ccnc(NCc2cccc(C)c2)c1. The number of nitrogens with one attached hydrogen (secondary N) is 2. The summed E-state index contributed by atoms with van der Waals surface area (Å²) in [6.45, 7) is 3.12. The summed E-state index contributed by atoms with van der Waals surface area (Å²) in [7, 11) is 1.62. The van der Waals surface area contributed by atoms with E-state index in [4.69, 9.17) is 4.74 Å². The molecule has 3 aromatic rings. The van der Waals surface area contributed by atoms with E-state index in [9.17, 15) is 4.79 Å². The minimum absolute atomic E-state index is 0.151. The van der Waals surface area contributed by atoms with Crippen LogP contribution >= 0.6 is 0 Å². The quantitative estimate of drug-likeness (QED) is 0.669. The molecule has 2 N–H and O–H groups in total. The molecule has 0 saturated carbocycles. The fourth-order valence-corrected chi connectivity index (χ4v) is 2.81. The predicted octanol–water partition coefficient (Wildman–Crippen LogP) is 3.94. The topological polar surface area (TPSA) is 63.2 Å². The molecule has 1 heterocycles. The molecule has 138 valence electrons. The van der Waals surface area contributed by atoms with Crippen LogP contribution in [0.4, 0.5) is 5.82 Å². The molecule has 0 aliphatic heterocycles. The van der Waals surface area contributed by atoms with Gasteiger partial charge in [0.25, 0.3) is 5.91 Å². The number of hydrogen-bond acceptors (Lipinski definition) is 4. The van der Waals surface area contributed by atoms with E-state index in [1.807, 2.05) is 30.3 Å². The van der Waals surface area contributed by atoms with E-state index in [2.05, 4.69) is 40.7 Å². The molecule has 0 radical (unpaired) electrons. The van der Waals surface area contributed by atoms with Crippen molar-refractivity contribution in [2.45, 2.75) is 20.0 Å². The van der Waals surface area contributed by atoms with Crippen molar-refractivity contribution in [2.24, 2.45) is 0 Å². The van der Waals surface area contributed by atoms with Crippen LogP contribution in [-0.2, 0) is 13.1 Å². The van der Waals surface area contributed by atoms with Crippen molar-refractivity contribution in [1.82, 2.24) is 10.3 Å². The van der Waals surface area contributed by atoms with E-state index in [0.717, 1.165) is 11.3 Å². The largest absolute Gasteiger partial charge is 0.496 e. The van der Waals surface area contributed by atoms with Gasteiger partial charge < -0.3 is 15.4 Å². The first-order valence-corrected chi connectivity index (χ1v) is 8.81. The third-order valence-corrected chi connectivity index (χ3v) is 4.21. The average Bonchev–Trinajstić information content (AvgIpc) is 2.71. The standard InChI is InChI=1S/C22H23N3O2/c1-16-6-5-7-17(12-16)14-24-21-13-18(10-11-23-21)22(26)25-15-19-8-3-4-9-20(19)27-2/h3-13H,14-15H2,1-2H3,(H,23,24)(H,25,26). The molecule has 5 heteroatoms. The minimum atomic E-state index is -0.151. The molecule has 0 bridgehead atoms. The van der Waals surface area contributed by atoms with E-state index in [1.165, 1.54) is 11.1 Å². The zero-order chi connectivity index (χ0) is 19.1. The number of anilines is 1. The van der Waals surface area contributed by atoms with Gasteiger partial charge in [0, 0.05) is 30.4 Å². The molecule has 0 aliphatic rings. The van der Waals surface area contributed by atoms with Gasteiger partial charge in [-0.3, -0.25) is 4.79 Å². The number of hydrogen-bond donors (Lipinski definition) is 2. The highest BCUT2D eigenvalue weighted by Gasteiger charge is 2.09. The fraction of sp³-hybridized carbons (Fsp3) is 0.182. The summed E-state index contributed by atoms with van der Waals surface area (Å²) in [5, 5.41) is 6.19. The zero-order valence-electron chi connectivity index (χ0n) is 15.5. The van der Waals surface area contributed by atoms with E-state index >= 15 is 0 Å². The number of carbonyl (C=O) groups is 1. The van der Waals surface area contributed by atoms with Crippen molar-refractivity contribution in [3.05, 3.63) is 89.1 Å². The number of carbonyl (C=O) groups excluding carboxylic acids is 1. The highest BCUT2D eigenvalue weighted by Crippen LogP contribution is 2.17. The van der Waals surface area contributed by atoms with Crippen LogP contribution < -0.4 is 15.4 Å². The number of amides is 1. The Morgan fingerprint density at radius 2 is 1.89 bits per heavy atom. The van der Waals surface area contributed by atoms with Gasteiger partial charge >= 0.3 is 0 Å². The Balaban J connectivity index is 1.61. The Kier molecular flexibility index (Phi) is 6.05. The van der Waals surface area contributed by atoms with Gasteiger partial charge in [0.2, 0.25) is 0 Å². The lowest BCUT2D eigenvalue weighted by atomic mass is 10.1. The zero-order valence-corrected chi connectivity index (χ0v) is 15.5. The third-order valence-electron chi connectivity index (χ3n) is 4.21. The highest BCUT2D eigenvalue weighted by molar-refractivity contribution is 5.94. The number of para-hydroxylation sites is 1. The molecule has 3 rings (SSSR count). The summed E-state index contributed by atoms with van der Waals surface area (Å²) in [6.07, 6.45) is 1.64. The van der Waals surface area contributed by atoms with E-state index in [0.29, 0.717) is 24.5 Å². The number of aromatic nitrogens is 1. The molecule has 0 aliphatic carbocycles. The van der Waals surface area contributed by atoms with Crippen LogP contribution in [-0.4, -0.2) is 18.0 Å². The van der Waals surface area contributed by atoms with Crippen molar-refractivity contribution < 1.29 is 9.53 Å². The molecular weight excluding hydrogens is 338 g/mol. The van der Waals surface area contributed by atoms with Crippen molar-refractivity contribution in [1.29, 1.82) is 0 Å². The fourth-order valence-electron chi connectivity index (χ4n) is 2.81. The van der Waals surface area contributed by atoms with Crippen LogP contribution in [0.1, 0.15) is 27.0 Å². The Labute approximate surface area is 159 Å². The molecule has 0 atom stereocenters. The number of methoxy groups -OCH3 is 1. The van der Waals surface area contributed by atoms with Crippen LogP contribution in [0.5, 0.6) is 5.75 Å². The maximum atomic E-state index is 12.5. The maximum absolute atomic E-state index is 12.5. The van der Waals surface area contributed by atoms with Crippen LogP contribution in [0.15, 0.2) is 66.9 Å². The van der Waals surface area contributed by atoms with E-state index in [1.54, 1.807) is 25.4 Å². The van der Waals surface area contributed by atoms with Gasteiger partial charge in [0.05, 0.1) is 7.11 Å². The van der Waals surface area contributed by atoms with Crippen LogP contribution in [0, 0.1) is 6.92 Å². The van der Waals surface area contributed by atoms with Crippen LogP contribution in [0.2, 0.25) is 0 Å². The molecular formula is C22H23N3O2. The summed E-state index contributed by atoms with van der Waals surface area (Å²) in [5.41, 5.74) is 3.88. The van der Waals surface area contributed by atoms with Gasteiger partial charge in [0.15, 0.2) is 0 Å². The molecule has 1 amide bonds. The number of pyridine rings is 1. The summed E-state index contributed by atoms with van der Waals surface area (Å²) in [6, 6.07) is 19.4. The van der Waals surface area contributed by atoms with Gasteiger partial charge in [-0.2, -0.15) is 0 Å². The molecule has 0 unspecified atom stereocenters. The first kappa shape index (κ1) is 18.5. The molecule has 0 spiro atoms. The number of rotatable bonds is 7. The summed E-state index contributed by atoms with van der Waals surface area (Å²) in [4.78, 5) is 16.8. The predicted molar refractivity (Wildman–Crippen MR) is 107 cm³/mol. The first-order valence-electron chi connectivity index (χ1n) is 8.81. The Bertz CT molecular complexity index is 925. The highest BCUT2D eigenvalue weighted by atomic mass is 16.5. The Hall–Kier alpha value is -3.34. The van der Waals surface area contributed by atoms with Crippen LogP contribution in [0.25, 0.3) is 0 Å². The van der Waals surface area contributed by atoms with Crippen molar-refractivity contribution >= 4 is 11.7 Å². The van der Waals surface area contributed by atoms with Crippen molar-refractivity contribution in [3.8, 4) is 5.75 Å². The summed E-state index contributed by atoms with van der Waals surface area (Å²) in [5.74, 6) is 1.27. The smallest absolute Gasteiger partial charge is 0.251 e. The van der Waals surface area contributed by atoms with Gasteiger partial charge in [-0.15, -0.1) is 0 Å². The average molecular weight is 361 g/mol. The maximum Gasteiger partial charge on any atom is 0.251 e. The van der Waals surface area contributed by atoms with Gasteiger partial charge in [-0.25, -0.2) is 4.98 Å². The van der Waals surface area contributed by atoms with Gasteiger partial charge in [-0.05, 0) is 30.7 Å². The molecule has 0 saturated heterocycles. The lowest BCUT2D eigenvalue weighted by Crippen LogP contribution is -2.23. The molecule has 1 aromatic heterocycles. The minimum Gasteiger partial charge on any atom is -0.496 e. The Morgan fingerprint density at radius 1 is 1.04 bits per heavy atom. The number of ether oxygens (including phenoxy) is 1. The van der Waals surface area contributed by atoms with E-state index < -0.39 is 0 Å². The summed E-state index contributed by atoms with van der Waals surface area (Å²) < 4.78 is 5.31. The van der Waals surface area contributed by atoms with Gasteiger partial charge in [0.1, 0.15) is 11.6 Å². The number of nitrogens with zero attached hydrogens (tertiary/aromatic N) is 1. The molecule has 0 fully saturated rings. The van der Waals surface area contributed by atoms with Crippen molar-refractivity contribution in [2.75, 3.05) is 12.4 Å². The summed E-state index contributed by atoms with van der Waals surface area (Å²) >= 11 is 0. The number of benzene rings is 2. The molecule has 2 aromatic carbocycles. The second-order valence-electron chi connectivity index (χ2n) is 6.27. The Morgan fingerprint density at radius 3 is 2.70 bits per heavy atom. The third kappa shape index (κ3) is 5.07. The monoisotopic (exact) mass is 361 g/mol. The second-order valence-corrected chi connectivity index (χ2v) is 6.27. The normalized spacial score (nSPS) is 10.3. The van der Waals surface area contributed by atoms with E-state index in [-0.39, 0.29) is 5.91 Å². The molecule has 27 heavy (non-hydrogen) atoms. The number of aryl methyl sites for hydroxylation is 1. The lowest BCUT2D eigenvalue weighted by molar-refractivity contribution is 0.0950. The first-order chi connectivity index (χ1) is 13.2. The van der Waals surface area contributed by atoms with Gasteiger partial charge in [-0.1, -0.05) is 48.0 Å². The molecule has 5 nitrogen and oxygen atoms in total.